The lowest BCUT2D eigenvalue weighted by Gasteiger charge is -2.36. The topological polar surface area (TPSA) is 42.2 Å². The second kappa shape index (κ2) is 7.98. The molecule has 1 unspecified atom stereocenters. The van der Waals surface area contributed by atoms with E-state index >= 15 is 0 Å². The molecule has 0 aliphatic carbocycles. The van der Waals surface area contributed by atoms with E-state index in [1.54, 1.807) is 11.3 Å². The number of rotatable bonds is 8. The van der Waals surface area contributed by atoms with Crippen LogP contribution in [0.1, 0.15) is 37.1 Å². The summed E-state index contributed by atoms with van der Waals surface area (Å²) in [7, 11) is 0. The Morgan fingerprint density at radius 2 is 1.96 bits per heavy atom. The van der Waals surface area contributed by atoms with Crippen molar-refractivity contribution in [3.05, 3.63) is 70.8 Å². The summed E-state index contributed by atoms with van der Waals surface area (Å²) >= 11 is 1.72. The van der Waals surface area contributed by atoms with Gasteiger partial charge >= 0.3 is 0 Å². The summed E-state index contributed by atoms with van der Waals surface area (Å²) in [5.74, 6) is 1.26. The third-order valence-electron chi connectivity index (χ3n) is 4.86. The zero-order valence-electron chi connectivity index (χ0n) is 15.6. The second-order valence-corrected chi connectivity index (χ2v) is 7.24. The number of benzene rings is 1. The highest BCUT2D eigenvalue weighted by atomic mass is 32.1. The van der Waals surface area contributed by atoms with E-state index in [9.17, 15) is 0 Å². The Labute approximate surface area is 159 Å². The van der Waals surface area contributed by atoms with Gasteiger partial charge in [0.15, 0.2) is 0 Å². The first-order chi connectivity index (χ1) is 12.6. The maximum atomic E-state index is 5.80. The molecule has 1 aromatic carbocycles. The van der Waals surface area contributed by atoms with E-state index in [1.165, 1.54) is 4.88 Å². The Balaban J connectivity index is 2.08. The predicted molar refractivity (Wildman–Crippen MR) is 107 cm³/mol. The molecule has 3 rings (SSSR count). The molecule has 0 N–H and O–H groups in total. The van der Waals surface area contributed by atoms with Crippen molar-refractivity contribution in [3.63, 3.8) is 0 Å². The Kier molecular flexibility index (Phi) is 5.69. The molecule has 0 fully saturated rings. The molecule has 0 amide bonds. The van der Waals surface area contributed by atoms with Gasteiger partial charge in [-0.25, -0.2) is 0 Å². The van der Waals surface area contributed by atoms with Crippen molar-refractivity contribution < 1.29 is 4.52 Å². The zero-order chi connectivity index (χ0) is 18.6. The van der Waals surface area contributed by atoms with E-state index in [1.807, 2.05) is 24.3 Å². The highest BCUT2D eigenvalue weighted by Crippen LogP contribution is 2.38. The molecule has 2 heterocycles. The van der Waals surface area contributed by atoms with Crippen LogP contribution in [0.5, 0.6) is 0 Å². The average Bonchev–Trinajstić information content (AvgIpc) is 3.36. The molecule has 1 atom stereocenters. The molecule has 0 saturated carbocycles. The van der Waals surface area contributed by atoms with Crippen LogP contribution in [0.4, 0.5) is 0 Å². The SMILES string of the molecule is C=CCc1ccccc1-c1noc(C(C)(c2cccs2)N(CC)CC)n1. The van der Waals surface area contributed by atoms with Crippen molar-refractivity contribution >= 4 is 11.3 Å². The molecular weight excluding hydrogens is 342 g/mol. The fraction of sp³-hybridized carbons (Fsp3) is 0.333. The van der Waals surface area contributed by atoms with E-state index < -0.39 is 5.54 Å². The van der Waals surface area contributed by atoms with E-state index in [0.717, 1.165) is 30.6 Å². The third-order valence-corrected chi connectivity index (χ3v) is 5.94. The summed E-state index contributed by atoms with van der Waals surface area (Å²) in [6.45, 7) is 12.1. The van der Waals surface area contributed by atoms with Crippen molar-refractivity contribution in [2.45, 2.75) is 32.7 Å². The molecule has 0 spiro atoms. The van der Waals surface area contributed by atoms with E-state index in [-0.39, 0.29) is 0 Å². The molecule has 26 heavy (non-hydrogen) atoms. The van der Waals surface area contributed by atoms with Gasteiger partial charge in [-0.15, -0.1) is 17.9 Å². The van der Waals surface area contributed by atoms with Crippen LogP contribution in [-0.4, -0.2) is 28.1 Å². The normalized spacial score (nSPS) is 13.7. The Morgan fingerprint density at radius 1 is 1.19 bits per heavy atom. The lowest BCUT2D eigenvalue weighted by molar-refractivity contribution is 0.119. The highest BCUT2D eigenvalue weighted by Gasteiger charge is 2.40. The molecule has 0 aliphatic rings. The summed E-state index contributed by atoms with van der Waals surface area (Å²) in [5.41, 5.74) is 1.71. The van der Waals surface area contributed by atoms with Crippen LogP contribution in [0.3, 0.4) is 0 Å². The maximum Gasteiger partial charge on any atom is 0.252 e. The highest BCUT2D eigenvalue weighted by molar-refractivity contribution is 7.10. The van der Waals surface area contributed by atoms with E-state index in [4.69, 9.17) is 9.51 Å². The quantitative estimate of drug-likeness (QED) is 0.518. The van der Waals surface area contributed by atoms with Gasteiger partial charge < -0.3 is 4.52 Å². The van der Waals surface area contributed by atoms with Crippen molar-refractivity contribution in [2.75, 3.05) is 13.1 Å². The fourth-order valence-corrected chi connectivity index (χ4v) is 4.32. The first-order valence-electron chi connectivity index (χ1n) is 8.97. The smallest absolute Gasteiger partial charge is 0.252 e. The standard InChI is InChI=1S/C21H25N3OS/c1-5-11-16-12-8-9-13-17(16)19-22-20(25-23-19)21(4,24(6-2)7-3)18-14-10-15-26-18/h5,8-10,12-15H,1,6-7,11H2,2-4H3. The third kappa shape index (κ3) is 3.24. The van der Waals surface area contributed by atoms with Crippen LogP contribution in [0, 0.1) is 0 Å². The van der Waals surface area contributed by atoms with Gasteiger partial charge in [0.1, 0.15) is 5.54 Å². The molecule has 3 aromatic rings. The number of allylic oxidation sites excluding steroid dienone is 1. The average molecular weight is 368 g/mol. The summed E-state index contributed by atoms with van der Waals surface area (Å²) in [6, 6.07) is 12.3. The molecular formula is C21H25N3OS. The molecule has 2 aromatic heterocycles. The molecule has 4 nitrogen and oxygen atoms in total. The van der Waals surface area contributed by atoms with E-state index in [2.05, 4.69) is 61.0 Å². The number of aromatic nitrogens is 2. The Hall–Kier alpha value is -2.24. The van der Waals surface area contributed by atoms with Crippen molar-refractivity contribution in [2.24, 2.45) is 0 Å². The van der Waals surface area contributed by atoms with E-state index in [0.29, 0.717) is 11.7 Å². The monoisotopic (exact) mass is 367 g/mol. The molecule has 5 heteroatoms. The summed E-state index contributed by atoms with van der Waals surface area (Å²) < 4.78 is 5.80. The van der Waals surface area contributed by atoms with Crippen LogP contribution >= 0.6 is 11.3 Å². The molecule has 0 aliphatic heterocycles. The first kappa shape index (κ1) is 18.5. The van der Waals surface area contributed by atoms with Crippen molar-refractivity contribution in [3.8, 4) is 11.4 Å². The van der Waals surface area contributed by atoms with Gasteiger partial charge in [-0.05, 0) is 43.4 Å². The van der Waals surface area contributed by atoms with Crippen molar-refractivity contribution in [1.29, 1.82) is 0 Å². The number of hydrogen-bond donors (Lipinski definition) is 0. The van der Waals surface area contributed by atoms with Crippen LogP contribution in [0.15, 0.2) is 59.0 Å². The summed E-state index contributed by atoms with van der Waals surface area (Å²) in [6.07, 6.45) is 2.67. The van der Waals surface area contributed by atoms with Crippen LogP contribution < -0.4 is 0 Å². The number of nitrogens with zero attached hydrogens (tertiary/aromatic N) is 3. The van der Waals surface area contributed by atoms with Gasteiger partial charge in [0, 0.05) is 10.4 Å². The second-order valence-electron chi connectivity index (χ2n) is 6.29. The maximum absolute atomic E-state index is 5.80. The van der Waals surface area contributed by atoms with Gasteiger partial charge in [0.2, 0.25) is 5.82 Å². The molecule has 0 radical (unpaired) electrons. The predicted octanol–water partition coefficient (Wildman–Crippen LogP) is 5.13. The van der Waals surface area contributed by atoms with Crippen LogP contribution in [-0.2, 0) is 12.0 Å². The van der Waals surface area contributed by atoms with Gasteiger partial charge in [-0.3, -0.25) is 4.90 Å². The Bertz CT molecular complexity index is 852. The van der Waals surface area contributed by atoms with Gasteiger partial charge in [-0.2, -0.15) is 4.98 Å². The number of thiophene rings is 1. The minimum atomic E-state index is -0.434. The fourth-order valence-electron chi connectivity index (χ4n) is 3.41. The van der Waals surface area contributed by atoms with Crippen molar-refractivity contribution in [1.82, 2.24) is 15.0 Å². The lowest BCUT2D eigenvalue weighted by atomic mass is 9.97. The first-order valence-corrected chi connectivity index (χ1v) is 9.85. The number of hydrogen-bond acceptors (Lipinski definition) is 5. The minimum absolute atomic E-state index is 0.434. The summed E-state index contributed by atoms with van der Waals surface area (Å²) in [5, 5.41) is 6.40. The zero-order valence-corrected chi connectivity index (χ0v) is 16.4. The van der Waals surface area contributed by atoms with Gasteiger partial charge in [-0.1, -0.05) is 55.4 Å². The van der Waals surface area contributed by atoms with Crippen LogP contribution in [0.25, 0.3) is 11.4 Å². The molecule has 136 valence electrons. The lowest BCUT2D eigenvalue weighted by Crippen LogP contribution is -2.44. The van der Waals surface area contributed by atoms with Crippen LogP contribution in [0.2, 0.25) is 0 Å². The van der Waals surface area contributed by atoms with Gasteiger partial charge in [0.25, 0.3) is 5.89 Å². The Morgan fingerprint density at radius 3 is 2.62 bits per heavy atom. The van der Waals surface area contributed by atoms with Gasteiger partial charge in [0.05, 0.1) is 0 Å². The summed E-state index contributed by atoms with van der Waals surface area (Å²) in [4.78, 5) is 8.38. The largest absolute Gasteiger partial charge is 0.336 e. The molecule has 0 bridgehead atoms. The minimum Gasteiger partial charge on any atom is -0.336 e. The molecule has 0 saturated heterocycles.